The van der Waals surface area contributed by atoms with Crippen molar-refractivity contribution in [3.05, 3.63) is 299 Å². The van der Waals surface area contributed by atoms with Crippen molar-refractivity contribution in [2.75, 3.05) is 70.7 Å². The Morgan fingerprint density at radius 3 is 1.17 bits per heavy atom. The molecule has 0 fully saturated rings. The van der Waals surface area contributed by atoms with E-state index in [0.717, 1.165) is 41.1 Å². The second kappa shape index (κ2) is 38.9. The smallest absolute Gasteiger partial charge is 0.274 e. The number of pyridine rings is 8. The summed E-state index contributed by atoms with van der Waals surface area (Å²) in [6.07, 6.45) is 10.2. The Morgan fingerprint density at radius 2 is 0.746 bits per heavy atom. The number of amides is 7. The molecule has 18 N–H and O–H groups in total. The predicted octanol–water partition coefficient (Wildman–Crippen LogP) is 13.9. The average molecular weight is 1600 g/mol. The van der Waals surface area contributed by atoms with Crippen molar-refractivity contribution in [3.8, 4) is 0 Å². The lowest BCUT2D eigenvalue weighted by atomic mass is 10.1. The minimum absolute atomic E-state index is 0.0628. The number of rotatable bonds is 24. The van der Waals surface area contributed by atoms with E-state index in [1.54, 1.807) is 97.3 Å². The third-order valence-corrected chi connectivity index (χ3v) is 16.9. The Labute approximate surface area is 671 Å². The van der Waals surface area contributed by atoms with Crippen LogP contribution in [0.2, 0.25) is 0 Å². The molecule has 7 amide bonds. The fourth-order valence-corrected chi connectivity index (χ4v) is 11.1. The number of primary amides is 3. The number of para-hydroxylation sites is 3. The van der Waals surface area contributed by atoms with Gasteiger partial charge in [0.2, 0.25) is 0 Å². The molecule has 0 saturated heterocycles. The highest BCUT2D eigenvalue weighted by Crippen LogP contribution is 2.36. The molecule has 35 heteroatoms. The fraction of sp³-hybridized carbons (Fsp3) is 0.0964. The molecule has 5 aromatic carbocycles. The van der Waals surface area contributed by atoms with Crippen molar-refractivity contribution in [1.82, 2.24) is 61.1 Å². The number of alkyl halides is 2. The van der Waals surface area contributed by atoms with Crippen LogP contribution in [0.15, 0.2) is 225 Å². The summed E-state index contributed by atoms with van der Waals surface area (Å²) in [5.41, 5.74) is 22.4. The number of aryl methyl sites for hydroxylation is 2. The molecule has 8 aromatic heterocycles. The maximum Gasteiger partial charge on any atom is 0.274 e. The predicted molar refractivity (Wildman–Crippen MR) is 441 cm³/mol. The largest absolute Gasteiger partial charge is 0.366 e. The molecular weight excluding hydrogens is 1530 g/mol. The molecule has 0 atom stereocenters. The van der Waals surface area contributed by atoms with Gasteiger partial charge in [-0.05, 0) is 97.6 Å². The van der Waals surface area contributed by atoms with Gasteiger partial charge in [-0.15, -0.1) is 0 Å². The van der Waals surface area contributed by atoms with Gasteiger partial charge in [0, 0.05) is 132 Å². The Balaban J connectivity index is 0.000000166. The van der Waals surface area contributed by atoms with Gasteiger partial charge in [-0.3, -0.25) is 33.6 Å². The van der Waals surface area contributed by atoms with Crippen molar-refractivity contribution in [2.24, 2.45) is 17.2 Å². The molecule has 8 heterocycles. The lowest BCUT2D eigenvalue weighted by molar-refractivity contribution is 0.0179. The maximum absolute atomic E-state index is 13.9. The van der Waals surface area contributed by atoms with Crippen LogP contribution in [0.3, 0.4) is 0 Å². The molecule has 30 nitrogen and oxygen atoms in total. The third-order valence-electron chi connectivity index (χ3n) is 16.9. The van der Waals surface area contributed by atoms with Gasteiger partial charge >= 0.3 is 0 Å². The molecule has 0 aliphatic carbocycles. The first-order valence-electron chi connectivity index (χ1n) is 35.5. The number of carbonyl (C=O) groups excluding carboxylic acids is 7. The zero-order valence-corrected chi connectivity index (χ0v) is 63.9. The van der Waals surface area contributed by atoms with Gasteiger partial charge < -0.3 is 81.0 Å². The molecule has 600 valence electrons. The van der Waals surface area contributed by atoms with Crippen LogP contribution in [0.1, 0.15) is 96.3 Å². The number of aromatic nitrogens is 8. The number of carbonyl (C=O) groups is 7. The summed E-state index contributed by atoms with van der Waals surface area (Å²) in [6.45, 7) is 4.56. The van der Waals surface area contributed by atoms with Crippen molar-refractivity contribution < 1.29 is 55.5 Å². The Hall–Kier alpha value is -16.1. The Kier molecular flexibility index (Phi) is 27.8. The summed E-state index contributed by atoms with van der Waals surface area (Å²) < 4.78 is 68.0. The fourth-order valence-electron chi connectivity index (χ4n) is 11.1. The van der Waals surface area contributed by atoms with Crippen LogP contribution in [-0.2, 0) is 5.92 Å². The lowest BCUT2D eigenvalue weighted by Crippen LogP contribution is -2.20. The number of anilines is 16. The normalized spacial score (nSPS) is 10.5. The standard InChI is InChI=1S/C23H20N6O2.C21H20F2N6O2.C20H20N6O2.C19H16F3N5O/c1-25-23(31)17-13-27-20(29-22-15-7-3-2-6-14(15)10-11-26-22)12-19(17)28-18-9-5-4-8-16(18)21(24)30;1-21(22,23)14-7-5-9-26-19(14)29-17-10-16(13(11-27-17)20(31)25-2)28-15-8-4-3-6-12(15)18(24)30;1-12-6-5-9-17(24-12)26-18-10-16(14(11-23-18)20(28)22-2)25-15-8-4-3-7-13(15)19(21)27;1-10-3-4-16(24-8-10)27-17-7-15(12(9-25-17)19(28)23-2)26-11-5-13(20)18(22)14(21)6-11/h2-13H,1H3,(H2,24,30)(H,25,31)(H2,26,27,28,29);3-11H,1-2H3,(H2,24,30)(H,25,31)(H2,26,27,28,29);3-11H,1-2H3,(H2,21,27)(H,22,28)(H2,23,24,25,26);3-9H,1-2H3,(H,23,28)(H2,24,25,26,27). The molecule has 118 heavy (non-hydrogen) atoms. The van der Waals surface area contributed by atoms with Crippen LogP contribution in [0.5, 0.6) is 0 Å². The van der Waals surface area contributed by atoms with Crippen LogP contribution in [-0.4, -0.2) is 109 Å². The van der Waals surface area contributed by atoms with Gasteiger partial charge in [-0.1, -0.05) is 72.8 Å². The molecule has 0 aliphatic rings. The van der Waals surface area contributed by atoms with Crippen LogP contribution in [0, 0.1) is 31.3 Å². The topological polar surface area (TPSA) is 445 Å². The monoisotopic (exact) mass is 1600 g/mol. The number of nitrogens with one attached hydrogen (secondary N) is 12. The zero-order valence-electron chi connectivity index (χ0n) is 63.9. The zero-order chi connectivity index (χ0) is 84.7. The number of benzene rings is 5. The highest BCUT2D eigenvalue weighted by atomic mass is 19.3. The van der Waals surface area contributed by atoms with Gasteiger partial charge in [0.05, 0.1) is 84.3 Å². The van der Waals surface area contributed by atoms with Crippen LogP contribution in [0.4, 0.5) is 114 Å². The van der Waals surface area contributed by atoms with Crippen molar-refractivity contribution in [2.45, 2.75) is 26.7 Å². The van der Waals surface area contributed by atoms with Crippen LogP contribution < -0.4 is 81.0 Å². The number of hydrogen-bond donors (Lipinski definition) is 15. The highest BCUT2D eigenvalue weighted by molar-refractivity contribution is 6.06. The minimum atomic E-state index is -3.12. The number of nitrogens with zero attached hydrogens (tertiary/aromatic N) is 8. The summed E-state index contributed by atoms with van der Waals surface area (Å²) in [4.78, 5) is 118. The first kappa shape index (κ1) is 84.4. The summed E-state index contributed by atoms with van der Waals surface area (Å²) in [7, 11) is 5.97. The second-order valence-electron chi connectivity index (χ2n) is 25.3. The van der Waals surface area contributed by atoms with Gasteiger partial charge in [-0.2, -0.15) is 0 Å². The molecule has 0 unspecified atom stereocenters. The first-order chi connectivity index (χ1) is 56.6. The molecule has 0 aliphatic heterocycles. The first-order valence-corrected chi connectivity index (χ1v) is 35.5. The molecule has 13 rings (SSSR count). The summed E-state index contributed by atoms with van der Waals surface area (Å²) in [6, 6.07) is 49.7. The van der Waals surface area contributed by atoms with E-state index in [1.807, 2.05) is 68.4 Å². The SMILES string of the molecule is CNC(=O)c1cnc(Nc2ccc(C)cn2)cc1Nc1cc(F)c(F)c(F)c1.CNC(=O)c1cnc(Nc2cccc(C)n2)cc1Nc1ccccc1C(N)=O.CNC(=O)c1cnc(Nc2nccc3ccccc23)cc1Nc1ccccc1C(N)=O.CNC(=O)c1cnc(Nc2ncccc2C(C)(F)F)cc1Nc1ccccc1C(N)=O. The molecule has 0 saturated carbocycles. The number of halogens is 5. The van der Waals surface area contributed by atoms with Crippen LogP contribution in [0.25, 0.3) is 10.8 Å². The number of hydrogen-bond acceptors (Lipinski definition) is 23. The quantitative estimate of drug-likeness (QED) is 0.0197. The summed E-state index contributed by atoms with van der Waals surface area (Å²) in [5, 5.41) is 36.1. The minimum Gasteiger partial charge on any atom is -0.366 e. The van der Waals surface area contributed by atoms with E-state index in [1.165, 1.54) is 89.5 Å². The van der Waals surface area contributed by atoms with Gasteiger partial charge in [0.1, 0.15) is 46.5 Å². The van der Waals surface area contributed by atoms with E-state index in [-0.39, 0.29) is 62.8 Å². The van der Waals surface area contributed by atoms with Crippen LogP contribution >= 0.6 is 0 Å². The van der Waals surface area contributed by atoms with E-state index < -0.39 is 52.9 Å². The second-order valence-corrected chi connectivity index (χ2v) is 25.3. The lowest BCUT2D eigenvalue weighted by Gasteiger charge is -2.17. The Bertz CT molecular complexity index is 5880. The van der Waals surface area contributed by atoms with E-state index in [0.29, 0.717) is 85.6 Å². The highest BCUT2D eigenvalue weighted by Gasteiger charge is 2.29. The van der Waals surface area contributed by atoms with Gasteiger partial charge in [0.25, 0.3) is 47.3 Å². The maximum atomic E-state index is 13.9. The molecular formula is C83H76F5N23O7. The third kappa shape index (κ3) is 22.0. The van der Waals surface area contributed by atoms with Crippen molar-refractivity contribution in [1.29, 1.82) is 0 Å². The van der Waals surface area contributed by atoms with Crippen molar-refractivity contribution >= 4 is 144 Å². The van der Waals surface area contributed by atoms with E-state index in [4.69, 9.17) is 17.2 Å². The summed E-state index contributed by atoms with van der Waals surface area (Å²) >= 11 is 0. The van der Waals surface area contributed by atoms with Crippen molar-refractivity contribution in [3.63, 3.8) is 0 Å². The Morgan fingerprint density at radius 1 is 0.347 bits per heavy atom. The van der Waals surface area contributed by atoms with Gasteiger partial charge in [0.15, 0.2) is 17.5 Å². The van der Waals surface area contributed by atoms with E-state index in [2.05, 4.69) is 104 Å². The molecule has 0 radical (unpaired) electrons. The molecule has 13 aromatic rings. The van der Waals surface area contributed by atoms with Gasteiger partial charge in [-0.25, -0.2) is 61.8 Å². The number of fused-ring (bicyclic) bond motifs is 1. The summed E-state index contributed by atoms with van der Waals surface area (Å²) in [5.74, 6) is -7.51. The molecule has 0 spiro atoms. The van der Waals surface area contributed by atoms with E-state index >= 15 is 0 Å². The van der Waals surface area contributed by atoms with E-state index in [9.17, 15) is 55.5 Å². The average Bonchev–Trinajstić information content (AvgIpc) is 0.767. The number of nitrogens with two attached hydrogens (primary N) is 3. The molecule has 0 bridgehead atoms.